The first kappa shape index (κ1) is 15.1. The molecule has 2 atom stereocenters. The first-order valence-corrected chi connectivity index (χ1v) is 7.30. The zero-order chi connectivity index (χ0) is 14.5. The number of rotatable bonds is 5. The van der Waals surface area contributed by atoms with Crippen LogP contribution in [0.5, 0.6) is 0 Å². The van der Waals surface area contributed by atoms with Crippen molar-refractivity contribution in [3.05, 3.63) is 24.2 Å². The van der Waals surface area contributed by atoms with Crippen LogP contribution in [0.2, 0.25) is 0 Å². The Morgan fingerprint density at radius 1 is 1.50 bits per heavy atom. The lowest BCUT2D eigenvalue weighted by Crippen LogP contribution is -2.48. The number of hydrogen-bond acceptors (Lipinski definition) is 4. The molecule has 20 heavy (non-hydrogen) atoms. The summed E-state index contributed by atoms with van der Waals surface area (Å²) in [6.07, 6.45) is 4.93. The van der Waals surface area contributed by atoms with E-state index in [1.54, 1.807) is 6.07 Å². The van der Waals surface area contributed by atoms with E-state index in [-0.39, 0.29) is 18.4 Å². The Kier molecular flexibility index (Phi) is 5.20. The minimum absolute atomic E-state index is 0.0500. The Hall–Kier alpha value is -1.33. The number of amides is 1. The minimum Gasteiger partial charge on any atom is -0.472 e. The molecule has 1 aliphatic heterocycles. The van der Waals surface area contributed by atoms with Gasteiger partial charge in [-0.15, -0.1) is 0 Å². The van der Waals surface area contributed by atoms with Crippen LogP contribution in [0.3, 0.4) is 0 Å². The van der Waals surface area contributed by atoms with Gasteiger partial charge in [0, 0.05) is 31.8 Å². The SMILES string of the molecule is CC(CO)C(C)NC1CCN(C(=O)c2ccoc2)CC1. The van der Waals surface area contributed by atoms with Crippen LogP contribution in [0.15, 0.2) is 23.0 Å². The van der Waals surface area contributed by atoms with Gasteiger partial charge in [0.1, 0.15) is 6.26 Å². The smallest absolute Gasteiger partial charge is 0.257 e. The molecule has 0 spiro atoms. The molecule has 0 aromatic carbocycles. The number of piperidine rings is 1. The van der Waals surface area contributed by atoms with Crippen molar-refractivity contribution in [1.29, 1.82) is 0 Å². The van der Waals surface area contributed by atoms with Crippen LogP contribution >= 0.6 is 0 Å². The molecule has 0 saturated carbocycles. The lowest BCUT2D eigenvalue weighted by atomic mass is 9.99. The van der Waals surface area contributed by atoms with Gasteiger partial charge < -0.3 is 19.7 Å². The highest BCUT2D eigenvalue weighted by atomic mass is 16.3. The zero-order valence-corrected chi connectivity index (χ0v) is 12.2. The molecule has 0 bridgehead atoms. The molecule has 2 N–H and O–H groups in total. The van der Waals surface area contributed by atoms with Crippen molar-refractivity contribution in [2.24, 2.45) is 5.92 Å². The van der Waals surface area contributed by atoms with Crippen LogP contribution < -0.4 is 5.32 Å². The van der Waals surface area contributed by atoms with Crippen molar-refractivity contribution >= 4 is 5.91 Å². The third-order valence-corrected chi connectivity index (χ3v) is 4.19. The van der Waals surface area contributed by atoms with Crippen molar-refractivity contribution in [3.63, 3.8) is 0 Å². The van der Waals surface area contributed by atoms with E-state index in [0.29, 0.717) is 17.6 Å². The third kappa shape index (κ3) is 3.61. The first-order valence-electron chi connectivity index (χ1n) is 7.30. The summed E-state index contributed by atoms with van der Waals surface area (Å²) < 4.78 is 4.96. The van der Waals surface area contributed by atoms with Crippen LogP contribution in [0.25, 0.3) is 0 Å². The minimum atomic E-state index is 0.0500. The monoisotopic (exact) mass is 280 g/mol. The van der Waals surface area contributed by atoms with Crippen LogP contribution in [0, 0.1) is 5.92 Å². The van der Waals surface area contributed by atoms with Gasteiger partial charge >= 0.3 is 0 Å². The fourth-order valence-corrected chi connectivity index (χ4v) is 2.51. The third-order valence-electron chi connectivity index (χ3n) is 4.19. The topological polar surface area (TPSA) is 65.7 Å². The van der Waals surface area contributed by atoms with Gasteiger partial charge in [-0.25, -0.2) is 0 Å². The molecule has 0 radical (unpaired) electrons. The molecule has 2 heterocycles. The van der Waals surface area contributed by atoms with Gasteiger partial charge in [0.15, 0.2) is 0 Å². The summed E-state index contributed by atoms with van der Waals surface area (Å²) in [4.78, 5) is 14.0. The molecule has 1 saturated heterocycles. The number of nitrogens with one attached hydrogen (secondary N) is 1. The van der Waals surface area contributed by atoms with Gasteiger partial charge in [0.2, 0.25) is 0 Å². The largest absolute Gasteiger partial charge is 0.472 e. The van der Waals surface area contributed by atoms with E-state index in [2.05, 4.69) is 12.2 Å². The molecule has 5 heteroatoms. The average molecular weight is 280 g/mol. The Labute approximate surface area is 119 Å². The number of carbonyl (C=O) groups excluding carboxylic acids is 1. The van der Waals surface area contributed by atoms with E-state index >= 15 is 0 Å². The van der Waals surface area contributed by atoms with Crippen LogP contribution in [0.4, 0.5) is 0 Å². The van der Waals surface area contributed by atoms with Crippen molar-refractivity contribution < 1.29 is 14.3 Å². The second-order valence-corrected chi connectivity index (χ2v) is 5.69. The maximum atomic E-state index is 12.2. The summed E-state index contributed by atoms with van der Waals surface area (Å²) in [5.74, 6) is 0.301. The summed E-state index contributed by atoms with van der Waals surface area (Å²) in [6.45, 7) is 5.87. The van der Waals surface area contributed by atoms with Crippen molar-refractivity contribution in [2.75, 3.05) is 19.7 Å². The van der Waals surface area contributed by atoms with E-state index in [1.165, 1.54) is 12.5 Å². The number of nitrogens with zero attached hydrogens (tertiary/aromatic N) is 1. The predicted molar refractivity (Wildman–Crippen MR) is 76.5 cm³/mol. The van der Waals surface area contributed by atoms with E-state index in [0.717, 1.165) is 25.9 Å². The summed E-state index contributed by atoms with van der Waals surface area (Å²) in [5.41, 5.74) is 0.624. The van der Waals surface area contributed by atoms with Crippen LogP contribution in [-0.2, 0) is 0 Å². The second kappa shape index (κ2) is 6.90. The Bertz CT molecular complexity index is 411. The average Bonchev–Trinajstić information content (AvgIpc) is 3.00. The van der Waals surface area contributed by atoms with Gasteiger partial charge in [-0.3, -0.25) is 4.79 Å². The molecule has 1 fully saturated rings. The number of aliphatic hydroxyl groups is 1. The highest BCUT2D eigenvalue weighted by molar-refractivity contribution is 5.93. The van der Waals surface area contributed by atoms with Crippen molar-refractivity contribution in [2.45, 2.75) is 38.8 Å². The summed E-state index contributed by atoms with van der Waals surface area (Å²) in [7, 11) is 0. The van der Waals surface area contributed by atoms with Gasteiger partial charge in [0.05, 0.1) is 11.8 Å². The number of furan rings is 1. The second-order valence-electron chi connectivity index (χ2n) is 5.69. The first-order chi connectivity index (χ1) is 9.61. The molecular weight excluding hydrogens is 256 g/mol. The van der Waals surface area contributed by atoms with Gasteiger partial charge in [0.25, 0.3) is 5.91 Å². The Balaban J connectivity index is 1.79. The van der Waals surface area contributed by atoms with Crippen LogP contribution in [-0.4, -0.2) is 47.7 Å². The molecule has 112 valence electrons. The lowest BCUT2D eigenvalue weighted by Gasteiger charge is -2.34. The van der Waals surface area contributed by atoms with E-state index in [9.17, 15) is 4.79 Å². The molecule has 1 aromatic rings. The van der Waals surface area contributed by atoms with E-state index in [4.69, 9.17) is 9.52 Å². The molecular formula is C15H24N2O3. The molecule has 2 rings (SSSR count). The molecule has 1 amide bonds. The predicted octanol–water partition coefficient (Wildman–Crippen LogP) is 1.49. The fourth-order valence-electron chi connectivity index (χ4n) is 2.51. The zero-order valence-electron chi connectivity index (χ0n) is 12.2. The number of likely N-dealkylation sites (tertiary alicyclic amines) is 1. The quantitative estimate of drug-likeness (QED) is 0.857. The Morgan fingerprint density at radius 3 is 2.75 bits per heavy atom. The molecule has 1 aromatic heterocycles. The summed E-state index contributed by atoms with van der Waals surface area (Å²) >= 11 is 0. The van der Waals surface area contributed by atoms with Gasteiger partial charge in [-0.1, -0.05) is 6.92 Å². The maximum Gasteiger partial charge on any atom is 0.257 e. The summed E-state index contributed by atoms with van der Waals surface area (Å²) in [5, 5.41) is 12.7. The van der Waals surface area contributed by atoms with Crippen molar-refractivity contribution in [3.8, 4) is 0 Å². The highest BCUT2D eigenvalue weighted by Gasteiger charge is 2.25. The molecule has 0 aliphatic carbocycles. The number of aliphatic hydroxyl groups excluding tert-OH is 1. The Morgan fingerprint density at radius 2 is 2.20 bits per heavy atom. The summed E-state index contributed by atoms with van der Waals surface area (Å²) in [6, 6.07) is 2.42. The van der Waals surface area contributed by atoms with Crippen LogP contribution in [0.1, 0.15) is 37.0 Å². The molecule has 5 nitrogen and oxygen atoms in total. The number of hydrogen-bond donors (Lipinski definition) is 2. The lowest BCUT2D eigenvalue weighted by molar-refractivity contribution is 0.0697. The number of carbonyl (C=O) groups is 1. The van der Waals surface area contributed by atoms with E-state index < -0.39 is 0 Å². The van der Waals surface area contributed by atoms with Crippen molar-refractivity contribution in [1.82, 2.24) is 10.2 Å². The normalized spacial score (nSPS) is 19.9. The highest BCUT2D eigenvalue weighted by Crippen LogP contribution is 2.15. The fraction of sp³-hybridized carbons (Fsp3) is 0.667. The van der Waals surface area contributed by atoms with Gasteiger partial charge in [-0.05, 0) is 31.7 Å². The molecule has 1 aliphatic rings. The molecule has 2 unspecified atom stereocenters. The van der Waals surface area contributed by atoms with E-state index in [1.807, 2.05) is 11.8 Å². The van der Waals surface area contributed by atoms with Gasteiger partial charge in [-0.2, -0.15) is 0 Å². The standard InChI is InChI=1S/C15H24N2O3/c1-11(9-18)12(2)16-14-3-6-17(7-4-14)15(19)13-5-8-20-10-13/h5,8,10-12,14,16,18H,3-4,6-7,9H2,1-2H3. The maximum absolute atomic E-state index is 12.2.